The summed E-state index contributed by atoms with van der Waals surface area (Å²) in [5, 5.41) is 13.4. The molecule has 0 saturated carbocycles. The van der Waals surface area contributed by atoms with Crippen LogP contribution in [0, 0.1) is 0 Å². The Labute approximate surface area is 194 Å². The lowest BCUT2D eigenvalue weighted by Crippen LogP contribution is -2.25. The molecule has 0 aliphatic heterocycles. The van der Waals surface area contributed by atoms with E-state index in [0.717, 1.165) is 30.3 Å². The van der Waals surface area contributed by atoms with Crippen LogP contribution < -0.4 is 10.9 Å². The smallest absolute Gasteiger partial charge is 0.262 e. The molecule has 166 valence electrons. The van der Waals surface area contributed by atoms with Gasteiger partial charge in [-0.05, 0) is 36.2 Å². The zero-order valence-electron chi connectivity index (χ0n) is 17.8. The van der Waals surface area contributed by atoms with Crippen molar-refractivity contribution in [1.82, 2.24) is 24.5 Å². The van der Waals surface area contributed by atoms with E-state index in [0.29, 0.717) is 34.4 Å². The number of unbranched alkanes of at least 4 members (excludes halogenated alkanes) is 2. The number of aryl methyl sites for hydroxylation is 1. The Morgan fingerprint density at radius 3 is 2.66 bits per heavy atom. The lowest BCUT2D eigenvalue weighted by molar-refractivity contribution is -0.118. The molecule has 2 heterocycles. The lowest BCUT2D eigenvalue weighted by Gasteiger charge is -2.11. The monoisotopic (exact) mass is 469 g/mol. The first kappa shape index (κ1) is 22.4. The number of thioether (sulfide) groups is 1. The van der Waals surface area contributed by atoms with Crippen LogP contribution in [0.5, 0.6) is 0 Å². The van der Waals surface area contributed by atoms with Gasteiger partial charge in [0.2, 0.25) is 11.7 Å². The SMILES string of the molecule is CCCCCn1c(=O)c2ccccc2n2c(SCC(=O)NCc3ccc(Cl)cc3)nnc12. The van der Waals surface area contributed by atoms with Gasteiger partial charge >= 0.3 is 0 Å². The molecule has 4 aromatic rings. The summed E-state index contributed by atoms with van der Waals surface area (Å²) in [6.07, 6.45) is 3.00. The van der Waals surface area contributed by atoms with Gasteiger partial charge in [-0.15, -0.1) is 10.2 Å². The van der Waals surface area contributed by atoms with Gasteiger partial charge in [0.15, 0.2) is 5.16 Å². The van der Waals surface area contributed by atoms with Crippen LogP contribution in [0.1, 0.15) is 31.7 Å². The summed E-state index contributed by atoms with van der Waals surface area (Å²) in [6, 6.07) is 14.8. The predicted molar refractivity (Wildman–Crippen MR) is 128 cm³/mol. The molecule has 4 rings (SSSR count). The largest absolute Gasteiger partial charge is 0.351 e. The number of rotatable bonds is 9. The summed E-state index contributed by atoms with van der Waals surface area (Å²) in [6.45, 7) is 3.14. The fraction of sp³-hybridized carbons (Fsp3) is 0.304. The molecule has 0 atom stereocenters. The minimum atomic E-state index is -0.109. The van der Waals surface area contributed by atoms with E-state index in [1.807, 2.05) is 40.8 Å². The van der Waals surface area contributed by atoms with E-state index >= 15 is 0 Å². The molecule has 0 aliphatic rings. The maximum Gasteiger partial charge on any atom is 0.262 e. The number of fused-ring (bicyclic) bond motifs is 3. The van der Waals surface area contributed by atoms with Crippen LogP contribution in [0.3, 0.4) is 0 Å². The minimum Gasteiger partial charge on any atom is -0.351 e. The predicted octanol–water partition coefficient (Wildman–Crippen LogP) is 4.30. The average Bonchev–Trinajstić information content (AvgIpc) is 3.23. The van der Waals surface area contributed by atoms with Gasteiger partial charge in [-0.1, -0.05) is 67.4 Å². The molecule has 0 saturated heterocycles. The third kappa shape index (κ3) is 4.81. The number of carbonyl (C=O) groups excluding carboxylic acids is 1. The molecule has 1 amide bonds. The molecule has 0 fully saturated rings. The third-order valence-corrected chi connectivity index (χ3v) is 6.38. The van der Waals surface area contributed by atoms with Crippen LogP contribution in [0.2, 0.25) is 5.02 Å². The molecule has 0 aliphatic carbocycles. The number of amides is 1. The van der Waals surface area contributed by atoms with Crippen LogP contribution in [-0.2, 0) is 17.9 Å². The van der Waals surface area contributed by atoms with Gasteiger partial charge in [0.05, 0.1) is 16.7 Å². The van der Waals surface area contributed by atoms with Crippen molar-refractivity contribution < 1.29 is 4.79 Å². The number of hydrogen-bond donors (Lipinski definition) is 1. The number of para-hydroxylation sites is 1. The second-order valence-corrected chi connectivity index (χ2v) is 8.87. The van der Waals surface area contributed by atoms with E-state index < -0.39 is 0 Å². The highest BCUT2D eigenvalue weighted by molar-refractivity contribution is 7.99. The number of aromatic nitrogens is 4. The van der Waals surface area contributed by atoms with Gasteiger partial charge in [-0.25, -0.2) is 0 Å². The van der Waals surface area contributed by atoms with Crippen LogP contribution in [0.15, 0.2) is 58.5 Å². The second kappa shape index (κ2) is 10.2. The number of hydrogen-bond acceptors (Lipinski definition) is 5. The van der Waals surface area contributed by atoms with Crippen molar-refractivity contribution in [1.29, 1.82) is 0 Å². The first-order valence-corrected chi connectivity index (χ1v) is 12.0. The number of nitrogens with zero attached hydrogens (tertiary/aromatic N) is 4. The molecular formula is C23H24ClN5O2S. The summed E-state index contributed by atoms with van der Waals surface area (Å²) in [5.41, 5.74) is 1.66. The van der Waals surface area contributed by atoms with Gasteiger partial charge in [0, 0.05) is 18.1 Å². The summed E-state index contributed by atoms with van der Waals surface area (Å²) in [7, 11) is 0. The van der Waals surface area contributed by atoms with E-state index in [1.54, 1.807) is 16.7 Å². The molecular weight excluding hydrogens is 446 g/mol. The van der Waals surface area contributed by atoms with Gasteiger partial charge < -0.3 is 5.32 Å². The number of carbonyl (C=O) groups is 1. The molecule has 0 radical (unpaired) electrons. The number of nitrogens with one attached hydrogen (secondary N) is 1. The number of benzene rings is 2. The Kier molecular flexibility index (Phi) is 7.12. The van der Waals surface area contributed by atoms with E-state index in [4.69, 9.17) is 11.6 Å². The average molecular weight is 470 g/mol. The maximum atomic E-state index is 13.1. The quantitative estimate of drug-likeness (QED) is 0.292. The normalized spacial score (nSPS) is 11.3. The summed E-state index contributed by atoms with van der Waals surface area (Å²) in [5.74, 6) is 0.591. The molecule has 0 unspecified atom stereocenters. The molecule has 0 spiro atoms. The number of halogens is 1. The van der Waals surface area contributed by atoms with Gasteiger partial charge in [0.25, 0.3) is 5.56 Å². The van der Waals surface area contributed by atoms with Crippen molar-refractivity contribution in [3.63, 3.8) is 0 Å². The fourth-order valence-electron chi connectivity index (χ4n) is 3.53. The van der Waals surface area contributed by atoms with E-state index in [1.165, 1.54) is 11.8 Å². The van der Waals surface area contributed by atoms with Crippen molar-refractivity contribution in [2.24, 2.45) is 0 Å². The highest BCUT2D eigenvalue weighted by Crippen LogP contribution is 2.22. The van der Waals surface area contributed by atoms with E-state index in [-0.39, 0.29) is 17.2 Å². The lowest BCUT2D eigenvalue weighted by atomic mass is 10.2. The van der Waals surface area contributed by atoms with Crippen LogP contribution in [0.4, 0.5) is 0 Å². The van der Waals surface area contributed by atoms with Crippen molar-refractivity contribution in [2.75, 3.05) is 5.75 Å². The summed E-state index contributed by atoms with van der Waals surface area (Å²) in [4.78, 5) is 25.5. The summed E-state index contributed by atoms with van der Waals surface area (Å²) >= 11 is 7.20. The minimum absolute atomic E-state index is 0.0612. The highest BCUT2D eigenvalue weighted by Gasteiger charge is 2.17. The molecule has 7 nitrogen and oxygen atoms in total. The third-order valence-electron chi connectivity index (χ3n) is 5.20. The molecule has 32 heavy (non-hydrogen) atoms. The first-order chi connectivity index (χ1) is 15.6. The Hall–Kier alpha value is -2.84. The van der Waals surface area contributed by atoms with Gasteiger partial charge in [0.1, 0.15) is 0 Å². The second-order valence-electron chi connectivity index (χ2n) is 7.49. The van der Waals surface area contributed by atoms with Crippen LogP contribution in [0.25, 0.3) is 16.7 Å². The van der Waals surface area contributed by atoms with Crippen LogP contribution >= 0.6 is 23.4 Å². The zero-order chi connectivity index (χ0) is 22.5. The highest BCUT2D eigenvalue weighted by atomic mass is 35.5. The topological polar surface area (TPSA) is 81.3 Å². The fourth-order valence-corrected chi connectivity index (χ4v) is 4.43. The van der Waals surface area contributed by atoms with Crippen molar-refractivity contribution >= 4 is 46.0 Å². The van der Waals surface area contributed by atoms with Gasteiger partial charge in [-0.3, -0.25) is 18.6 Å². The molecule has 2 aromatic carbocycles. The Bertz CT molecular complexity index is 1300. The molecule has 1 N–H and O–H groups in total. The Morgan fingerprint density at radius 1 is 1.09 bits per heavy atom. The Morgan fingerprint density at radius 2 is 1.88 bits per heavy atom. The summed E-state index contributed by atoms with van der Waals surface area (Å²) < 4.78 is 3.56. The zero-order valence-corrected chi connectivity index (χ0v) is 19.3. The molecule has 2 aromatic heterocycles. The van der Waals surface area contributed by atoms with Crippen molar-refractivity contribution in [2.45, 2.75) is 44.4 Å². The van der Waals surface area contributed by atoms with Crippen molar-refractivity contribution in [3.05, 3.63) is 69.5 Å². The van der Waals surface area contributed by atoms with Crippen molar-refractivity contribution in [3.8, 4) is 0 Å². The maximum absolute atomic E-state index is 13.1. The molecule has 9 heteroatoms. The molecule has 0 bridgehead atoms. The first-order valence-electron chi connectivity index (χ1n) is 10.6. The van der Waals surface area contributed by atoms with Crippen LogP contribution in [-0.4, -0.2) is 30.8 Å². The Balaban J connectivity index is 1.56. The van der Waals surface area contributed by atoms with Gasteiger partial charge in [-0.2, -0.15) is 0 Å². The van der Waals surface area contributed by atoms with E-state index in [9.17, 15) is 9.59 Å². The van der Waals surface area contributed by atoms with E-state index in [2.05, 4.69) is 22.4 Å². The standard InChI is InChI=1S/C23H24ClN5O2S/c1-2-3-6-13-28-21(31)18-7-4-5-8-19(18)29-22(28)26-27-23(29)32-15-20(30)25-14-16-9-11-17(24)12-10-16/h4-5,7-12H,2-3,6,13-15H2,1H3,(H,25,30).